The molecule has 2 atom stereocenters. The van der Waals surface area contributed by atoms with Gasteiger partial charge in [-0.05, 0) is 36.6 Å². The fourth-order valence-electron chi connectivity index (χ4n) is 6.36. The minimum absolute atomic E-state index is 0.00913. The van der Waals surface area contributed by atoms with Crippen LogP contribution in [-0.4, -0.2) is 64.8 Å². The van der Waals surface area contributed by atoms with Crippen molar-refractivity contribution in [1.82, 2.24) is 9.80 Å². The standard InChI is InChI=1S/C26H28N2O5/c29-13-20-23(17-6-2-1-3-7-17)26(28(20)25(31)18-8-4-5-9-18)14-27(15-26)24(30)19-10-11-21-22(12-19)33-16-32-21/h1-3,6-7,10-12,18,20,23,29H,4-5,8-9,13-16H2/t20-,23+/m1/s1. The third-order valence-corrected chi connectivity index (χ3v) is 7.90. The molecule has 1 spiro atoms. The second kappa shape index (κ2) is 7.76. The molecule has 1 saturated carbocycles. The van der Waals surface area contributed by atoms with E-state index in [9.17, 15) is 14.7 Å². The van der Waals surface area contributed by atoms with Gasteiger partial charge >= 0.3 is 0 Å². The summed E-state index contributed by atoms with van der Waals surface area (Å²) < 4.78 is 10.8. The van der Waals surface area contributed by atoms with Gasteiger partial charge in [-0.15, -0.1) is 0 Å². The van der Waals surface area contributed by atoms with E-state index in [0.29, 0.717) is 30.2 Å². The Kier molecular flexibility index (Phi) is 4.83. The van der Waals surface area contributed by atoms with E-state index in [1.54, 1.807) is 23.1 Å². The van der Waals surface area contributed by atoms with Crippen LogP contribution in [0.1, 0.15) is 47.5 Å². The summed E-state index contributed by atoms with van der Waals surface area (Å²) in [4.78, 5) is 30.5. The highest BCUT2D eigenvalue weighted by molar-refractivity contribution is 5.96. The van der Waals surface area contributed by atoms with Gasteiger partial charge in [0, 0.05) is 30.5 Å². The molecule has 0 aromatic heterocycles. The number of benzene rings is 2. The molecule has 2 aromatic rings. The largest absolute Gasteiger partial charge is 0.454 e. The number of amides is 2. The minimum Gasteiger partial charge on any atom is -0.454 e. The number of hydrogen-bond donors (Lipinski definition) is 1. The Balaban J connectivity index is 1.28. The summed E-state index contributed by atoms with van der Waals surface area (Å²) in [6.07, 6.45) is 3.99. The lowest BCUT2D eigenvalue weighted by Crippen LogP contribution is -2.86. The Morgan fingerprint density at radius 2 is 1.73 bits per heavy atom. The number of nitrogens with zero attached hydrogens (tertiary/aromatic N) is 2. The van der Waals surface area contributed by atoms with Crippen LogP contribution in [0.3, 0.4) is 0 Å². The topological polar surface area (TPSA) is 79.3 Å². The van der Waals surface area contributed by atoms with Gasteiger partial charge in [-0.25, -0.2) is 0 Å². The molecule has 2 aromatic carbocycles. The van der Waals surface area contributed by atoms with Crippen molar-refractivity contribution < 1.29 is 24.2 Å². The molecule has 7 heteroatoms. The van der Waals surface area contributed by atoms with Crippen LogP contribution in [0.4, 0.5) is 0 Å². The van der Waals surface area contributed by atoms with Crippen molar-refractivity contribution in [2.75, 3.05) is 26.5 Å². The van der Waals surface area contributed by atoms with Crippen LogP contribution in [0.2, 0.25) is 0 Å². The lowest BCUT2D eigenvalue weighted by Gasteiger charge is -2.70. The quantitative estimate of drug-likeness (QED) is 0.778. The summed E-state index contributed by atoms with van der Waals surface area (Å²) in [7, 11) is 0. The predicted octanol–water partition coefficient (Wildman–Crippen LogP) is 2.79. The van der Waals surface area contributed by atoms with Crippen LogP contribution in [0.25, 0.3) is 0 Å². The lowest BCUT2D eigenvalue weighted by molar-refractivity contribution is -0.197. The Bertz CT molecular complexity index is 1080. The van der Waals surface area contributed by atoms with E-state index in [1.807, 2.05) is 23.1 Å². The molecule has 6 rings (SSSR count). The first-order valence-corrected chi connectivity index (χ1v) is 11.8. The Morgan fingerprint density at radius 3 is 2.45 bits per heavy atom. The minimum atomic E-state index is -0.458. The molecule has 0 unspecified atom stereocenters. The average Bonchev–Trinajstić information content (AvgIpc) is 3.50. The van der Waals surface area contributed by atoms with E-state index >= 15 is 0 Å². The van der Waals surface area contributed by atoms with Crippen LogP contribution in [0.5, 0.6) is 11.5 Å². The number of carbonyl (C=O) groups excluding carboxylic acids is 2. The van der Waals surface area contributed by atoms with E-state index in [-0.39, 0.29) is 43.1 Å². The molecule has 33 heavy (non-hydrogen) atoms. The van der Waals surface area contributed by atoms with E-state index in [1.165, 1.54) is 0 Å². The molecule has 3 aliphatic heterocycles. The van der Waals surface area contributed by atoms with Crippen molar-refractivity contribution in [3.8, 4) is 11.5 Å². The van der Waals surface area contributed by atoms with Crippen molar-refractivity contribution in [2.24, 2.45) is 5.92 Å². The summed E-state index contributed by atoms with van der Waals surface area (Å²) in [5.74, 6) is 1.34. The second-order valence-corrected chi connectivity index (χ2v) is 9.66. The smallest absolute Gasteiger partial charge is 0.254 e. The predicted molar refractivity (Wildman–Crippen MR) is 120 cm³/mol. The zero-order valence-electron chi connectivity index (χ0n) is 18.5. The van der Waals surface area contributed by atoms with Crippen LogP contribution >= 0.6 is 0 Å². The molecular weight excluding hydrogens is 420 g/mol. The van der Waals surface area contributed by atoms with E-state index in [0.717, 1.165) is 31.2 Å². The second-order valence-electron chi connectivity index (χ2n) is 9.66. The number of hydrogen-bond acceptors (Lipinski definition) is 5. The number of fused-ring (bicyclic) bond motifs is 1. The fourth-order valence-corrected chi connectivity index (χ4v) is 6.36. The summed E-state index contributed by atoms with van der Waals surface area (Å²) in [5.41, 5.74) is 1.21. The highest BCUT2D eigenvalue weighted by Crippen LogP contribution is 2.55. The molecule has 1 aliphatic carbocycles. The lowest BCUT2D eigenvalue weighted by atomic mass is 9.60. The normalized spacial score (nSPS) is 25.1. The van der Waals surface area contributed by atoms with E-state index in [2.05, 4.69) is 12.1 Å². The molecule has 7 nitrogen and oxygen atoms in total. The first-order valence-electron chi connectivity index (χ1n) is 11.8. The van der Waals surface area contributed by atoms with Gasteiger partial charge in [0.15, 0.2) is 11.5 Å². The van der Waals surface area contributed by atoms with Crippen LogP contribution in [-0.2, 0) is 4.79 Å². The zero-order chi connectivity index (χ0) is 22.6. The molecule has 2 saturated heterocycles. The van der Waals surface area contributed by atoms with Crippen molar-refractivity contribution >= 4 is 11.8 Å². The van der Waals surface area contributed by atoms with E-state index in [4.69, 9.17) is 9.47 Å². The fraction of sp³-hybridized carbons (Fsp3) is 0.462. The summed E-state index contributed by atoms with van der Waals surface area (Å²) >= 11 is 0. The van der Waals surface area contributed by atoms with Crippen molar-refractivity contribution in [1.29, 1.82) is 0 Å². The maximum atomic E-state index is 13.5. The van der Waals surface area contributed by atoms with Gasteiger partial charge in [-0.1, -0.05) is 43.2 Å². The van der Waals surface area contributed by atoms with Gasteiger partial charge in [0.2, 0.25) is 12.7 Å². The van der Waals surface area contributed by atoms with Gasteiger partial charge < -0.3 is 24.4 Å². The SMILES string of the molecule is O=C(c1ccc2c(c1)OCO2)N1CC2(C1)[C@@H](c1ccccc1)[C@@H](CO)N2C(=O)C1CCCC1. The number of carbonyl (C=O) groups is 2. The van der Waals surface area contributed by atoms with Gasteiger partial charge in [0.25, 0.3) is 5.91 Å². The molecule has 4 aliphatic rings. The van der Waals surface area contributed by atoms with Crippen molar-refractivity contribution in [3.05, 3.63) is 59.7 Å². The molecule has 0 radical (unpaired) electrons. The maximum Gasteiger partial charge on any atom is 0.254 e. The van der Waals surface area contributed by atoms with Crippen LogP contribution in [0, 0.1) is 5.92 Å². The molecule has 3 fully saturated rings. The number of ether oxygens (including phenoxy) is 2. The molecule has 0 bridgehead atoms. The number of likely N-dealkylation sites (tertiary alicyclic amines) is 2. The van der Waals surface area contributed by atoms with Crippen molar-refractivity contribution in [2.45, 2.75) is 43.2 Å². The van der Waals surface area contributed by atoms with Gasteiger partial charge in [0.1, 0.15) is 0 Å². The first kappa shape index (κ1) is 20.5. The third-order valence-electron chi connectivity index (χ3n) is 7.90. The van der Waals surface area contributed by atoms with Gasteiger partial charge in [-0.2, -0.15) is 0 Å². The summed E-state index contributed by atoms with van der Waals surface area (Å²) in [6.45, 7) is 1.03. The molecule has 1 N–H and O–H groups in total. The number of aliphatic hydroxyl groups excluding tert-OH is 1. The summed E-state index contributed by atoms with van der Waals surface area (Å²) in [5, 5.41) is 10.3. The van der Waals surface area contributed by atoms with Crippen LogP contribution in [0.15, 0.2) is 48.5 Å². The highest BCUT2D eigenvalue weighted by Gasteiger charge is 2.68. The number of rotatable bonds is 4. The first-order chi connectivity index (χ1) is 16.1. The maximum absolute atomic E-state index is 13.5. The summed E-state index contributed by atoms with van der Waals surface area (Å²) in [6, 6.07) is 15.1. The highest BCUT2D eigenvalue weighted by atomic mass is 16.7. The Labute approximate surface area is 192 Å². The van der Waals surface area contributed by atoms with Gasteiger partial charge in [0.05, 0.1) is 18.2 Å². The Morgan fingerprint density at radius 1 is 1.00 bits per heavy atom. The molecule has 3 heterocycles. The van der Waals surface area contributed by atoms with Gasteiger partial charge in [-0.3, -0.25) is 9.59 Å². The zero-order valence-corrected chi connectivity index (χ0v) is 18.5. The molecule has 172 valence electrons. The van der Waals surface area contributed by atoms with E-state index < -0.39 is 5.54 Å². The molecular formula is C26H28N2O5. The Hall–Kier alpha value is -3.06. The average molecular weight is 449 g/mol. The molecule has 2 amide bonds. The number of aliphatic hydroxyl groups is 1. The monoisotopic (exact) mass is 448 g/mol. The van der Waals surface area contributed by atoms with Crippen molar-refractivity contribution in [3.63, 3.8) is 0 Å². The third kappa shape index (κ3) is 3.05. The van der Waals surface area contributed by atoms with Crippen LogP contribution < -0.4 is 9.47 Å².